The summed E-state index contributed by atoms with van der Waals surface area (Å²) in [6, 6.07) is 6.66. The normalized spacial score (nSPS) is 20.1. The Balaban J connectivity index is 2.29. The fourth-order valence-electron chi connectivity index (χ4n) is 2.69. The molecule has 0 bridgehead atoms. The predicted octanol–water partition coefficient (Wildman–Crippen LogP) is 4.66. The van der Waals surface area contributed by atoms with Crippen LogP contribution in [0.25, 0.3) is 0 Å². The molecule has 1 atom stereocenters. The summed E-state index contributed by atoms with van der Waals surface area (Å²) in [6.45, 7) is 5.99. The van der Waals surface area contributed by atoms with Crippen LogP contribution in [0.3, 0.4) is 0 Å². The van der Waals surface area contributed by atoms with Gasteiger partial charge in [-0.05, 0) is 37.6 Å². The Labute approximate surface area is 119 Å². The highest BCUT2D eigenvalue weighted by atomic mass is 19.1. The van der Waals surface area contributed by atoms with Crippen molar-refractivity contribution in [2.75, 3.05) is 0 Å². The van der Waals surface area contributed by atoms with Gasteiger partial charge in [-0.1, -0.05) is 32.1 Å². The molecular formula is C17H19FN2. The van der Waals surface area contributed by atoms with Crippen molar-refractivity contribution in [3.8, 4) is 6.07 Å². The lowest BCUT2D eigenvalue weighted by atomic mass is 10.0. The standard InChI is InChI=1S/C17H19FN2/c1-3-5-6-14-8-10-17(20(14)4-2)15-9-7-13(12-19)11-16(15)18/h4,6-7,9,11,17H,2-3,5,8,10H2,1H3. The molecule has 1 aliphatic heterocycles. The van der Waals surface area contributed by atoms with E-state index in [1.165, 1.54) is 11.8 Å². The van der Waals surface area contributed by atoms with Crippen molar-refractivity contribution in [3.05, 3.63) is 59.7 Å². The van der Waals surface area contributed by atoms with E-state index in [-0.39, 0.29) is 11.9 Å². The van der Waals surface area contributed by atoms with Crippen molar-refractivity contribution in [3.63, 3.8) is 0 Å². The van der Waals surface area contributed by atoms with Crippen molar-refractivity contribution >= 4 is 0 Å². The third-order valence-corrected chi connectivity index (χ3v) is 3.70. The summed E-state index contributed by atoms with van der Waals surface area (Å²) in [5.41, 5.74) is 2.22. The number of hydrogen-bond donors (Lipinski definition) is 0. The SMILES string of the molecule is C=CN1C(=CCCC)CCC1c1ccc(C#N)cc1F. The van der Waals surface area contributed by atoms with E-state index in [0.29, 0.717) is 11.1 Å². The van der Waals surface area contributed by atoms with E-state index in [1.54, 1.807) is 18.3 Å². The summed E-state index contributed by atoms with van der Waals surface area (Å²) < 4.78 is 14.1. The quantitative estimate of drug-likeness (QED) is 0.795. The molecule has 20 heavy (non-hydrogen) atoms. The van der Waals surface area contributed by atoms with Crippen LogP contribution in [0, 0.1) is 17.1 Å². The Bertz CT molecular complexity index is 569. The van der Waals surface area contributed by atoms with Gasteiger partial charge in [-0.15, -0.1) is 0 Å². The molecule has 2 rings (SSSR count). The van der Waals surface area contributed by atoms with E-state index in [4.69, 9.17) is 5.26 Å². The van der Waals surface area contributed by atoms with Gasteiger partial charge in [0, 0.05) is 11.3 Å². The molecule has 0 aromatic heterocycles. The lowest BCUT2D eigenvalue weighted by Gasteiger charge is -2.24. The Kier molecular flexibility index (Phi) is 4.57. The van der Waals surface area contributed by atoms with Gasteiger partial charge in [0.25, 0.3) is 0 Å². The first-order chi connectivity index (χ1) is 9.71. The molecule has 1 aromatic carbocycles. The van der Waals surface area contributed by atoms with E-state index >= 15 is 0 Å². The average molecular weight is 270 g/mol. The summed E-state index contributed by atoms with van der Waals surface area (Å²) in [4.78, 5) is 2.06. The number of allylic oxidation sites excluding steroid dienone is 2. The van der Waals surface area contributed by atoms with Gasteiger partial charge in [-0.2, -0.15) is 5.26 Å². The van der Waals surface area contributed by atoms with Gasteiger partial charge in [0.15, 0.2) is 0 Å². The monoisotopic (exact) mass is 270 g/mol. The molecule has 1 heterocycles. The third kappa shape index (κ3) is 2.75. The zero-order chi connectivity index (χ0) is 14.5. The van der Waals surface area contributed by atoms with Crippen LogP contribution in [-0.2, 0) is 0 Å². The number of rotatable bonds is 4. The predicted molar refractivity (Wildman–Crippen MR) is 78.1 cm³/mol. The molecule has 1 unspecified atom stereocenters. The molecule has 0 aliphatic carbocycles. The fraction of sp³-hybridized carbons (Fsp3) is 0.353. The second kappa shape index (κ2) is 6.38. The van der Waals surface area contributed by atoms with E-state index in [9.17, 15) is 4.39 Å². The summed E-state index contributed by atoms with van der Waals surface area (Å²) in [5.74, 6) is -0.308. The maximum atomic E-state index is 14.1. The molecular weight excluding hydrogens is 251 g/mol. The second-order valence-electron chi connectivity index (χ2n) is 4.98. The summed E-state index contributed by atoms with van der Waals surface area (Å²) >= 11 is 0. The maximum Gasteiger partial charge on any atom is 0.129 e. The second-order valence-corrected chi connectivity index (χ2v) is 4.98. The first kappa shape index (κ1) is 14.3. The third-order valence-electron chi connectivity index (χ3n) is 3.70. The lowest BCUT2D eigenvalue weighted by Crippen LogP contribution is -2.16. The molecule has 1 aliphatic rings. The first-order valence-corrected chi connectivity index (χ1v) is 7.00. The van der Waals surface area contributed by atoms with Crippen LogP contribution in [0.2, 0.25) is 0 Å². The molecule has 0 spiro atoms. The van der Waals surface area contributed by atoms with E-state index < -0.39 is 0 Å². The molecule has 1 fully saturated rings. The van der Waals surface area contributed by atoms with Crippen LogP contribution in [-0.4, -0.2) is 4.90 Å². The highest BCUT2D eigenvalue weighted by molar-refractivity contribution is 5.35. The van der Waals surface area contributed by atoms with E-state index in [1.807, 2.05) is 6.07 Å². The Hall–Kier alpha value is -2.08. The highest BCUT2D eigenvalue weighted by Crippen LogP contribution is 2.39. The largest absolute Gasteiger partial charge is 0.345 e. The minimum Gasteiger partial charge on any atom is -0.345 e. The van der Waals surface area contributed by atoms with Crippen molar-refractivity contribution < 1.29 is 4.39 Å². The van der Waals surface area contributed by atoms with Gasteiger partial charge in [-0.3, -0.25) is 0 Å². The summed E-state index contributed by atoms with van der Waals surface area (Å²) in [5, 5.41) is 8.80. The first-order valence-electron chi connectivity index (χ1n) is 7.00. The van der Waals surface area contributed by atoms with Gasteiger partial charge >= 0.3 is 0 Å². The van der Waals surface area contributed by atoms with E-state index in [2.05, 4.69) is 24.5 Å². The number of benzene rings is 1. The molecule has 0 saturated carbocycles. The van der Waals surface area contributed by atoms with Gasteiger partial charge in [-0.25, -0.2) is 4.39 Å². The van der Waals surface area contributed by atoms with Crippen molar-refractivity contribution in [2.45, 2.75) is 38.6 Å². The highest BCUT2D eigenvalue weighted by Gasteiger charge is 2.29. The lowest BCUT2D eigenvalue weighted by molar-refractivity contribution is 0.388. The molecule has 1 aromatic rings. The fourth-order valence-corrected chi connectivity index (χ4v) is 2.69. The van der Waals surface area contributed by atoms with Crippen LogP contribution in [0.5, 0.6) is 0 Å². The molecule has 0 radical (unpaired) electrons. The minimum atomic E-state index is -0.308. The molecule has 0 N–H and O–H groups in total. The number of nitrogens with zero attached hydrogens (tertiary/aromatic N) is 2. The number of hydrogen-bond acceptors (Lipinski definition) is 2. The van der Waals surface area contributed by atoms with Crippen LogP contribution in [0.1, 0.15) is 49.8 Å². The van der Waals surface area contributed by atoms with Crippen molar-refractivity contribution in [2.24, 2.45) is 0 Å². The number of unbranched alkanes of at least 4 members (excludes halogenated alkanes) is 1. The number of likely N-dealkylation sites (tertiary alicyclic amines) is 1. The van der Waals surface area contributed by atoms with Crippen molar-refractivity contribution in [1.82, 2.24) is 4.90 Å². The summed E-state index contributed by atoms with van der Waals surface area (Å²) in [6.07, 6.45) is 7.94. The van der Waals surface area contributed by atoms with E-state index in [0.717, 1.165) is 25.7 Å². The smallest absolute Gasteiger partial charge is 0.129 e. The minimum absolute atomic E-state index is 0.0108. The van der Waals surface area contributed by atoms with Crippen LogP contribution < -0.4 is 0 Å². The molecule has 104 valence electrons. The van der Waals surface area contributed by atoms with Gasteiger partial charge in [0.1, 0.15) is 5.82 Å². The number of nitriles is 1. The number of halogens is 1. The zero-order valence-electron chi connectivity index (χ0n) is 11.8. The van der Waals surface area contributed by atoms with Crippen LogP contribution in [0.4, 0.5) is 4.39 Å². The maximum absolute atomic E-state index is 14.1. The molecule has 0 amide bonds. The van der Waals surface area contributed by atoms with Gasteiger partial charge in [0.05, 0.1) is 17.7 Å². The molecule has 1 saturated heterocycles. The zero-order valence-corrected chi connectivity index (χ0v) is 11.8. The van der Waals surface area contributed by atoms with Crippen LogP contribution in [0.15, 0.2) is 42.8 Å². The summed E-state index contributed by atoms with van der Waals surface area (Å²) in [7, 11) is 0. The average Bonchev–Trinajstić information content (AvgIpc) is 2.87. The Morgan fingerprint density at radius 1 is 1.55 bits per heavy atom. The van der Waals surface area contributed by atoms with Gasteiger partial charge in [0.2, 0.25) is 0 Å². The van der Waals surface area contributed by atoms with Crippen LogP contribution >= 0.6 is 0 Å². The molecule has 3 heteroatoms. The van der Waals surface area contributed by atoms with Gasteiger partial charge < -0.3 is 4.90 Å². The topological polar surface area (TPSA) is 27.0 Å². The van der Waals surface area contributed by atoms with Crippen molar-refractivity contribution in [1.29, 1.82) is 5.26 Å². The molecule has 2 nitrogen and oxygen atoms in total. The Morgan fingerprint density at radius 2 is 2.35 bits per heavy atom. The Morgan fingerprint density at radius 3 is 2.95 bits per heavy atom.